The Kier molecular flexibility index (Phi) is 6.43. The number of rotatable bonds is 7. The summed E-state index contributed by atoms with van der Waals surface area (Å²) in [4.78, 5) is 0. The molecule has 0 bridgehead atoms. The van der Waals surface area contributed by atoms with Gasteiger partial charge in [0.05, 0.1) is 6.10 Å². The monoisotopic (exact) mass is 200 g/mol. The van der Waals surface area contributed by atoms with Crippen molar-refractivity contribution in [2.75, 3.05) is 6.61 Å². The minimum absolute atomic E-state index is 0.371. The van der Waals surface area contributed by atoms with Gasteiger partial charge in [-0.3, -0.25) is 0 Å². The van der Waals surface area contributed by atoms with Crippen molar-refractivity contribution in [3.05, 3.63) is 0 Å². The maximum atomic E-state index is 5.58. The van der Waals surface area contributed by atoms with Crippen LogP contribution < -0.4 is 0 Å². The van der Waals surface area contributed by atoms with Crippen LogP contribution in [0.25, 0.3) is 0 Å². The van der Waals surface area contributed by atoms with E-state index < -0.39 is 0 Å². The van der Waals surface area contributed by atoms with Gasteiger partial charge in [0.2, 0.25) is 0 Å². The standard InChI is InChI=1S/C13H28O/c1-11(2)7-8-13(5,6)9-10-14-12(3)4/h11-12H,7-10H2,1-6H3. The molecule has 0 spiro atoms. The Balaban J connectivity index is 3.61. The molecule has 1 heteroatoms. The fourth-order valence-electron chi connectivity index (χ4n) is 1.38. The SMILES string of the molecule is CC(C)CCC(C)(C)CCOC(C)C. The van der Waals surface area contributed by atoms with E-state index in [9.17, 15) is 0 Å². The average molecular weight is 200 g/mol. The minimum Gasteiger partial charge on any atom is -0.379 e. The molecule has 1 nitrogen and oxygen atoms in total. The van der Waals surface area contributed by atoms with Gasteiger partial charge in [0.15, 0.2) is 0 Å². The molecule has 86 valence electrons. The highest BCUT2D eigenvalue weighted by Gasteiger charge is 2.17. The Bertz CT molecular complexity index is 136. The summed E-state index contributed by atoms with van der Waals surface area (Å²) in [5.74, 6) is 0.820. The maximum absolute atomic E-state index is 5.58. The molecule has 0 unspecified atom stereocenters. The molecule has 0 fully saturated rings. The Morgan fingerprint density at radius 2 is 1.57 bits per heavy atom. The highest BCUT2D eigenvalue weighted by Crippen LogP contribution is 2.28. The lowest BCUT2D eigenvalue weighted by molar-refractivity contribution is 0.0548. The van der Waals surface area contributed by atoms with Gasteiger partial charge < -0.3 is 4.74 Å². The Hall–Kier alpha value is -0.0400. The zero-order valence-corrected chi connectivity index (χ0v) is 10.9. The molecule has 0 aliphatic carbocycles. The van der Waals surface area contributed by atoms with Crippen LogP contribution in [0.2, 0.25) is 0 Å². The van der Waals surface area contributed by atoms with Crippen molar-refractivity contribution in [3.8, 4) is 0 Å². The van der Waals surface area contributed by atoms with E-state index in [1.807, 2.05) is 0 Å². The van der Waals surface area contributed by atoms with E-state index in [-0.39, 0.29) is 0 Å². The normalized spacial score (nSPS) is 12.9. The predicted octanol–water partition coefficient (Wildman–Crippen LogP) is 4.26. The van der Waals surface area contributed by atoms with Crippen LogP contribution in [0.1, 0.15) is 60.8 Å². The Morgan fingerprint density at radius 3 is 2.00 bits per heavy atom. The number of hydrogen-bond donors (Lipinski definition) is 0. The molecule has 0 amide bonds. The molecule has 0 aliphatic rings. The van der Waals surface area contributed by atoms with Crippen LogP contribution >= 0.6 is 0 Å². The summed E-state index contributed by atoms with van der Waals surface area (Å²) in [7, 11) is 0. The molecule has 0 rings (SSSR count). The molecule has 0 aliphatic heterocycles. The van der Waals surface area contributed by atoms with Gasteiger partial charge in [0.1, 0.15) is 0 Å². The number of ether oxygens (including phenoxy) is 1. The van der Waals surface area contributed by atoms with Gasteiger partial charge in [-0.15, -0.1) is 0 Å². The summed E-state index contributed by atoms with van der Waals surface area (Å²) in [6.45, 7) is 14.4. The molecule has 0 aromatic carbocycles. The highest BCUT2D eigenvalue weighted by atomic mass is 16.5. The molecular weight excluding hydrogens is 172 g/mol. The summed E-state index contributed by atoms with van der Waals surface area (Å²) in [5, 5.41) is 0. The van der Waals surface area contributed by atoms with Gasteiger partial charge in [-0.1, -0.05) is 34.1 Å². The zero-order valence-electron chi connectivity index (χ0n) is 10.9. The van der Waals surface area contributed by atoms with Crippen LogP contribution in [0.5, 0.6) is 0 Å². The van der Waals surface area contributed by atoms with Crippen molar-refractivity contribution >= 4 is 0 Å². The van der Waals surface area contributed by atoms with Crippen LogP contribution in [0, 0.1) is 11.3 Å². The third-order valence-corrected chi connectivity index (χ3v) is 2.63. The van der Waals surface area contributed by atoms with Crippen LogP contribution in [0.3, 0.4) is 0 Å². The predicted molar refractivity (Wildman–Crippen MR) is 63.6 cm³/mol. The molecule has 0 aromatic rings. The average Bonchev–Trinajstić information content (AvgIpc) is 2.00. The first-order valence-corrected chi connectivity index (χ1v) is 5.95. The van der Waals surface area contributed by atoms with Gasteiger partial charge in [-0.05, 0) is 38.0 Å². The van der Waals surface area contributed by atoms with E-state index in [4.69, 9.17) is 4.74 Å². The molecule has 0 atom stereocenters. The summed E-state index contributed by atoms with van der Waals surface area (Å²) in [5.41, 5.74) is 0.444. The van der Waals surface area contributed by atoms with Gasteiger partial charge >= 0.3 is 0 Å². The molecule has 0 saturated heterocycles. The van der Waals surface area contributed by atoms with Gasteiger partial charge in [0.25, 0.3) is 0 Å². The summed E-state index contributed by atoms with van der Waals surface area (Å²) in [6, 6.07) is 0. The smallest absolute Gasteiger partial charge is 0.0518 e. The fourth-order valence-corrected chi connectivity index (χ4v) is 1.38. The van der Waals surface area contributed by atoms with Crippen molar-refractivity contribution in [2.45, 2.75) is 66.9 Å². The summed E-state index contributed by atoms with van der Waals surface area (Å²) in [6.07, 6.45) is 4.19. The van der Waals surface area contributed by atoms with E-state index in [0.29, 0.717) is 11.5 Å². The second kappa shape index (κ2) is 6.44. The third kappa shape index (κ3) is 8.55. The van der Waals surface area contributed by atoms with Gasteiger partial charge in [0, 0.05) is 6.61 Å². The Morgan fingerprint density at radius 1 is 1.00 bits per heavy atom. The minimum atomic E-state index is 0.371. The lowest BCUT2D eigenvalue weighted by atomic mass is 9.83. The maximum Gasteiger partial charge on any atom is 0.0518 e. The van der Waals surface area contributed by atoms with Crippen molar-refractivity contribution in [3.63, 3.8) is 0 Å². The highest BCUT2D eigenvalue weighted by molar-refractivity contribution is 4.69. The molecular formula is C13H28O. The summed E-state index contributed by atoms with van der Waals surface area (Å²) < 4.78 is 5.58. The molecule has 0 heterocycles. The van der Waals surface area contributed by atoms with E-state index in [1.54, 1.807) is 0 Å². The first kappa shape index (κ1) is 14.0. The van der Waals surface area contributed by atoms with E-state index in [0.717, 1.165) is 12.5 Å². The van der Waals surface area contributed by atoms with Crippen molar-refractivity contribution in [1.29, 1.82) is 0 Å². The lowest BCUT2D eigenvalue weighted by Crippen LogP contribution is -2.17. The molecule has 0 radical (unpaired) electrons. The van der Waals surface area contributed by atoms with E-state index >= 15 is 0 Å². The van der Waals surface area contributed by atoms with Crippen LogP contribution in [-0.4, -0.2) is 12.7 Å². The van der Waals surface area contributed by atoms with Gasteiger partial charge in [-0.25, -0.2) is 0 Å². The van der Waals surface area contributed by atoms with Crippen molar-refractivity contribution in [2.24, 2.45) is 11.3 Å². The molecule has 0 saturated carbocycles. The van der Waals surface area contributed by atoms with Gasteiger partial charge in [-0.2, -0.15) is 0 Å². The molecule has 0 aromatic heterocycles. The number of hydrogen-bond acceptors (Lipinski definition) is 1. The second-order valence-electron chi connectivity index (χ2n) is 5.77. The zero-order chi connectivity index (χ0) is 11.2. The third-order valence-electron chi connectivity index (χ3n) is 2.63. The lowest BCUT2D eigenvalue weighted by Gasteiger charge is -2.25. The van der Waals surface area contributed by atoms with Crippen molar-refractivity contribution < 1.29 is 4.74 Å². The van der Waals surface area contributed by atoms with E-state index in [2.05, 4.69) is 41.5 Å². The first-order chi connectivity index (χ1) is 6.33. The topological polar surface area (TPSA) is 9.23 Å². The van der Waals surface area contributed by atoms with Crippen LogP contribution in [0.4, 0.5) is 0 Å². The largest absolute Gasteiger partial charge is 0.379 e. The first-order valence-electron chi connectivity index (χ1n) is 5.95. The van der Waals surface area contributed by atoms with Crippen molar-refractivity contribution in [1.82, 2.24) is 0 Å². The van der Waals surface area contributed by atoms with Crippen LogP contribution in [0.15, 0.2) is 0 Å². The Labute approximate surface area is 90.2 Å². The second-order valence-corrected chi connectivity index (χ2v) is 5.77. The molecule has 0 N–H and O–H groups in total. The van der Waals surface area contributed by atoms with Crippen LogP contribution in [-0.2, 0) is 4.74 Å². The quantitative estimate of drug-likeness (QED) is 0.596. The fraction of sp³-hybridized carbons (Fsp3) is 1.00. The summed E-state index contributed by atoms with van der Waals surface area (Å²) >= 11 is 0. The van der Waals surface area contributed by atoms with E-state index in [1.165, 1.54) is 19.3 Å². The molecule has 14 heavy (non-hydrogen) atoms.